The number of rotatable bonds is 6. The largest absolute Gasteiger partial charge is 0.452 e. The van der Waals surface area contributed by atoms with Gasteiger partial charge in [0.25, 0.3) is 5.91 Å². The zero-order valence-electron chi connectivity index (χ0n) is 12.8. The summed E-state index contributed by atoms with van der Waals surface area (Å²) < 4.78 is 17.6. The number of hydrogen-bond donors (Lipinski definition) is 2. The fraction of sp³-hybridized carbons (Fsp3) is 0.400. The molecule has 126 valence electrons. The predicted molar refractivity (Wildman–Crippen MR) is 82.7 cm³/mol. The van der Waals surface area contributed by atoms with Crippen molar-refractivity contribution < 1.29 is 23.5 Å². The van der Waals surface area contributed by atoms with E-state index in [-0.39, 0.29) is 10.6 Å². The molecular formula is C15H18ClFN2O4. The van der Waals surface area contributed by atoms with Crippen LogP contribution in [0.4, 0.5) is 9.18 Å². The van der Waals surface area contributed by atoms with Gasteiger partial charge in [0.1, 0.15) is 5.82 Å². The number of hydrogen-bond acceptors (Lipinski definition) is 4. The Bertz CT molecular complexity index is 593. The summed E-state index contributed by atoms with van der Waals surface area (Å²) in [4.78, 5) is 34.6. The molecule has 1 aromatic carbocycles. The molecule has 0 saturated carbocycles. The van der Waals surface area contributed by atoms with E-state index in [1.807, 2.05) is 19.2 Å². The fourth-order valence-electron chi connectivity index (χ4n) is 1.55. The first-order valence-corrected chi connectivity index (χ1v) is 7.37. The predicted octanol–water partition coefficient (Wildman–Crippen LogP) is 2.51. The van der Waals surface area contributed by atoms with Gasteiger partial charge in [-0.15, -0.1) is 0 Å². The van der Waals surface area contributed by atoms with Gasteiger partial charge in [0.2, 0.25) is 0 Å². The van der Waals surface area contributed by atoms with Gasteiger partial charge < -0.3 is 10.1 Å². The molecule has 6 nitrogen and oxygen atoms in total. The van der Waals surface area contributed by atoms with Crippen LogP contribution in [0.5, 0.6) is 0 Å². The topological polar surface area (TPSA) is 84.5 Å². The second-order valence-corrected chi connectivity index (χ2v) is 5.59. The lowest BCUT2D eigenvalue weighted by atomic mass is 10.1. The molecule has 1 rings (SSSR count). The van der Waals surface area contributed by atoms with Crippen molar-refractivity contribution >= 4 is 29.5 Å². The van der Waals surface area contributed by atoms with Crippen molar-refractivity contribution in [2.45, 2.75) is 20.3 Å². The fourth-order valence-corrected chi connectivity index (χ4v) is 1.79. The molecule has 1 aromatic rings. The third kappa shape index (κ3) is 7.10. The number of nitrogens with one attached hydrogen (secondary N) is 2. The van der Waals surface area contributed by atoms with Gasteiger partial charge in [-0.05, 0) is 30.5 Å². The van der Waals surface area contributed by atoms with E-state index in [1.54, 1.807) is 0 Å². The Morgan fingerprint density at radius 1 is 1.30 bits per heavy atom. The summed E-state index contributed by atoms with van der Waals surface area (Å²) in [5.74, 6) is -1.83. The van der Waals surface area contributed by atoms with Gasteiger partial charge in [-0.3, -0.25) is 10.1 Å². The van der Waals surface area contributed by atoms with E-state index in [4.69, 9.17) is 16.3 Å². The molecule has 23 heavy (non-hydrogen) atoms. The Morgan fingerprint density at radius 2 is 2.00 bits per heavy atom. The maximum absolute atomic E-state index is 12.9. The van der Waals surface area contributed by atoms with E-state index in [0.29, 0.717) is 12.5 Å². The molecule has 0 aromatic heterocycles. The van der Waals surface area contributed by atoms with Crippen molar-refractivity contribution in [3.05, 3.63) is 34.6 Å². The second kappa shape index (κ2) is 9.09. The molecule has 0 spiro atoms. The molecule has 0 unspecified atom stereocenters. The van der Waals surface area contributed by atoms with Crippen LogP contribution in [-0.2, 0) is 9.53 Å². The molecule has 0 heterocycles. The SMILES string of the molecule is CC(C)CCNC(=O)NC(=O)COC(=O)c1ccc(F)cc1Cl. The van der Waals surface area contributed by atoms with Crippen LogP contribution >= 0.6 is 11.6 Å². The minimum Gasteiger partial charge on any atom is -0.452 e. The van der Waals surface area contributed by atoms with E-state index in [0.717, 1.165) is 24.6 Å². The van der Waals surface area contributed by atoms with Crippen molar-refractivity contribution in [1.29, 1.82) is 0 Å². The average Bonchev–Trinajstić information content (AvgIpc) is 2.44. The molecule has 0 fully saturated rings. The molecule has 0 aliphatic rings. The number of benzene rings is 1. The monoisotopic (exact) mass is 344 g/mol. The van der Waals surface area contributed by atoms with Crippen molar-refractivity contribution in [3.63, 3.8) is 0 Å². The van der Waals surface area contributed by atoms with E-state index in [2.05, 4.69) is 5.32 Å². The van der Waals surface area contributed by atoms with Crippen molar-refractivity contribution in [2.75, 3.05) is 13.2 Å². The molecule has 3 amide bonds. The minimum atomic E-state index is -0.884. The second-order valence-electron chi connectivity index (χ2n) is 5.19. The van der Waals surface area contributed by atoms with Crippen LogP contribution in [0.3, 0.4) is 0 Å². The van der Waals surface area contributed by atoms with Gasteiger partial charge >= 0.3 is 12.0 Å². The van der Waals surface area contributed by atoms with Crippen LogP contribution in [0, 0.1) is 11.7 Å². The molecule has 0 saturated heterocycles. The lowest BCUT2D eigenvalue weighted by Gasteiger charge is -2.09. The molecule has 2 N–H and O–H groups in total. The number of amides is 3. The Morgan fingerprint density at radius 3 is 2.61 bits per heavy atom. The highest BCUT2D eigenvalue weighted by molar-refractivity contribution is 6.33. The highest BCUT2D eigenvalue weighted by Crippen LogP contribution is 2.17. The quantitative estimate of drug-likeness (QED) is 0.776. The van der Waals surface area contributed by atoms with E-state index >= 15 is 0 Å². The summed E-state index contributed by atoms with van der Waals surface area (Å²) in [5, 5.41) is 4.41. The zero-order chi connectivity index (χ0) is 17.4. The summed E-state index contributed by atoms with van der Waals surface area (Å²) in [5.41, 5.74) is -0.0674. The van der Waals surface area contributed by atoms with E-state index < -0.39 is 30.3 Å². The lowest BCUT2D eigenvalue weighted by Crippen LogP contribution is -2.42. The molecule has 0 aliphatic heterocycles. The van der Waals surface area contributed by atoms with Crippen LogP contribution in [0.1, 0.15) is 30.6 Å². The summed E-state index contributed by atoms with van der Waals surface area (Å²) in [6, 6.07) is 2.49. The normalized spacial score (nSPS) is 10.3. The third-order valence-electron chi connectivity index (χ3n) is 2.75. The highest BCUT2D eigenvalue weighted by Gasteiger charge is 2.15. The molecular weight excluding hydrogens is 327 g/mol. The van der Waals surface area contributed by atoms with Crippen LogP contribution in [0.25, 0.3) is 0 Å². The van der Waals surface area contributed by atoms with Crippen LogP contribution in [0.2, 0.25) is 5.02 Å². The van der Waals surface area contributed by atoms with Crippen molar-refractivity contribution in [2.24, 2.45) is 5.92 Å². The van der Waals surface area contributed by atoms with Gasteiger partial charge in [-0.2, -0.15) is 0 Å². The van der Waals surface area contributed by atoms with Crippen molar-refractivity contribution in [3.8, 4) is 0 Å². The molecule has 0 radical (unpaired) electrons. The van der Waals surface area contributed by atoms with Gasteiger partial charge in [-0.1, -0.05) is 25.4 Å². The van der Waals surface area contributed by atoms with Gasteiger partial charge in [0, 0.05) is 6.54 Å². The summed E-state index contributed by atoms with van der Waals surface area (Å²) >= 11 is 5.70. The molecule has 0 aliphatic carbocycles. The van der Waals surface area contributed by atoms with Crippen LogP contribution in [-0.4, -0.2) is 31.1 Å². The van der Waals surface area contributed by atoms with Gasteiger partial charge in [-0.25, -0.2) is 14.0 Å². The maximum atomic E-state index is 12.9. The van der Waals surface area contributed by atoms with Crippen LogP contribution < -0.4 is 10.6 Å². The number of esters is 1. The first-order valence-electron chi connectivity index (χ1n) is 6.99. The number of imide groups is 1. The lowest BCUT2D eigenvalue weighted by molar-refractivity contribution is -0.123. The first kappa shape index (κ1) is 18.9. The Labute approximate surface area is 138 Å². The summed E-state index contributed by atoms with van der Waals surface area (Å²) in [6.45, 7) is 3.79. The van der Waals surface area contributed by atoms with Gasteiger partial charge in [0.15, 0.2) is 6.61 Å². The number of carbonyl (C=O) groups is 3. The number of halogens is 2. The first-order chi connectivity index (χ1) is 10.8. The van der Waals surface area contributed by atoms with Crippen LogP contribution in [0.15, 0.2) is 18.2 Å². The number of ether oxygens (including phenoxy) is 1. The molecule has 0 atom stereocenters. The zero-order valence-corrected chi connectivity index (χ0v) is 13.6. The Hall–Kier alpha value is -2.15. The highest BCUT2D eigenvalue weighted by atomic mass is 35.5. The van der Waals surface area contributed by atoms with Gasteiger partial charge in [0.05, 0.1) is 10.6 Å². The molecule has 8 heteroatoms. The van der Waals surface area contributed by atoms with E-state index in [9.17, 15) is 18.8 Å². The molecule has 0 bridgehead atoms. The summed E-state index contributed by atoms with van der Waals surface area (Å²) in [6.07, 6.45) is 0.777. The third-order valence-corrected chi connectivity index (χ3v) is 3.06. The van der Waals surface area contributed by atoms with Crippen molar-refractivity contribution in [1.82, 2.24) is 10.6 Å². The number of carbonyl (C=O) groups excluding carboxylic acids is 3. The van der Waals surface area contributed by atoms with E-state index in [1.165, 1.54) is 0 Å². The Balaban J connectivity index is 2.38. The average molecular weight is 345 g/mol. The summed E-state index contributed by atoms with van der Waals surface area (Å²) in [7, 11) is 0. The minimum absolute atomic E-state index is 0.0674. The Kier molecular flexibility index (Phi) is 7.47. The maximum Gasteiger partial charge on any atom is 0.340 e. The standard InChI is InChI=1S/C15H18ClFN2O4/c1-9(2)5-6-18-15(22)19-13(20)8-23-14(21)11-4-3-10(17)7-12(11)16/h3-4,7,9H,5-6,8H2,1-2H3,(H2,18,19,20,22). The smallest absolute Gasteiger partial charge is 0.340 e. The number of urea groups is 1.